The maximum atomic E-state index is 11.8. The first kappa shape index (κ1) is 15.5. The Labute approximate surface area is 128 Å². The van der Waals surface area contributed by atoms with E-state index in [-0.39, 0.29) is 17.2 Å². The van der Waals surface area contributed by atoms with Crippen molar-refractivity contribution in [2.24, 2.45) is 0 Å². The van der Waals surface area contributed by atoms with Gasteiger partial charge in [-0.15, -0.1) is 11.3 Å². The van der Waals surface area contributed by atoms with Gasteiger partial charge in [-0.1, -0.05) is 0 Å². The lowest BCUT2D eigenvalue weighted by Crippen LogP contribution is -2.41. The van der Waals surface area contributed by atoms with Gasteiger partial charge in [-0.25, -0.2) is 9.78 Å². The van der Waals surface area contributed by atoms with E-state index in [1.54, 1.807) is 11.6 Å². The van der Waals surface area contributed by atoms with Crippen LogP contribution in [-0.4, -0.2) is 38.2 Å². The first-order valence-corrected chi connectivity index (χ1v) is 8.04. The Morgan fingerprint density at radius 1 is 1.57 bits per heavy atom. The summed E-state index contributed by atoms with van der Waals surface area (Å²) in [6, 6.07) is 0.486. The van der Waals surface area contributed by atoms with E-state index < -0.39 is 12.0 Å². The molecular weight excluding hydrogens is 314 g/mol. The molecule has 0 spiro atoms. The van der Waals surface area contributed by atoms with Crippen molar-refractivity contribution >= 4 is 39.9 Å². The van der Waals surface area contributed by atoms with Gasteiger partial charge in [0.2, 0.25) is 5.91 Å². The summed E-state index contributed by atoms with van der Waals surface area (Å²) in [5.41, 5.74) is 0.438. The topological polar surface area (TPSA) is 101 Å². The molecule has 2 rings (SSSR count). The lowest BCUT2D eigenvalue weighted by atomic mass is 10.3. The highest BCUT2D eigenvalue weighted by atomic mass is 32.2. The number of carbonyl (C=O) groups excluding carboxylic acids is 1. The van der Waals surface area contributed by atoms with Crippen LogP contribution in [0, 0.1) is 0 Å². The summed E-state index contributed by atoms with van der Waals surface area (Å²) in [6.07, 6.45) is 1.66. The van der Waals surface area contributed by atoms with Crippen LogP contribution < -0.4 is 10.9 Å². The van der Waals surface area contributed by atoms with Crippen molar-refractivity contribution in [2.75, 3.05) is 5.75 Å². The van der Waals surface area contributed by atoms with Gasteiger partial charge < -0.3 is 10.4 Å². The van der Waals surface area contributed by atoms with E-state index in [2.05, 4.69) is 10.3 Å². The number of aliphatic carboxylic acids is 1. The number of amides is 1. The molecule has 0 aliphatic rings. The summed E-state index contributed by atoms with van der Waals surface area (Å²) in [6.45, 7) is 1.27. The second kappa shape index (κ2) is 6.72. The number of rotatable bonds is 6. The van der Waals surface area contributed by atoms with Crippen molar-refractivity contribution in [3.8, 4) is 0 Å². The Bertz CT molecular complexity index is 725. The number of fused-ring (bicyclic) bond motifs is 1. The fourth-order valence-electron chi connectivity index (χ4n) is 1.66. The van der Waals surface area contributed by atoms with E-state index in [0.29, 0.717) is 16.4 Å². The van der Waals surface area contributed by atoms with Crippen LogP contribution in [0.2, 0.25) is 0 Å². The molecule has 2 aromatic heterocycles. The van der Waals surface area contributed by atoms with E-state index in [1.165, 1.54) is 40.5 Å². The number of aromatic nitrogens is 2. The van der Waals surface area contributed by atoms with E-state index in [9.17, 15) is 14.4 Å². The van der Waals surface area contributed by atoms with Crippen LogP contribution >= 0.6 is 23.1 Å². The second-order valence-corrected chi connectivity index (χ2v) is 6.15. The number of thioether (sulfide) groups is 1. The number of thiazole rings is 1. The minimum absolute atomic E-state index is 0.159. The van der Waals surface area contributed by atoms with Crippen LogP contribution in [-0.2, 0) is 15.3 Å². The fourth-order valence-corrected chi connectivity index (χ4v) is 3.34. The average molecular weight is 327 g/mol. The zero-order valence-corrected chi connectivity index (χ0v) is 12.7. The molecule has 1 unspecified atom stereocenters. The van der Waals surface area contributed by atoms with Gasteiger partial charge in [-0.05, 0) is 0 Å². The smallest absolute Gasteiger partial charge is 0.327 e. The number of carboxylic acid groups (broad SMARTS) is 1. The maximum Gasteiger partial charge on any atom is 0.327 e. The molecule has 9 heteroatoms. The van der Waals surface area contributed by atoms with Gasteiger partial charge in [0, 0.05) is 36.1 Å². The lowest BCUT2D eigenvalue weighted by molar-refractivity contribution is -0.140. The molecule has 2 N–H and O–H groups in total. The third-order valence-corrected chi connectivity index (χ3v) is 4.39. The first-order chi connectivity index (χ1) is 9.97. The predicted octanol–water partition coefficient (Wildman–Crippen LogP) is 0.578. The molecule has 0 aromatic carbocycles. The van der Waals surface area contributed by atoms with Crippen LogP contribution in [0.1, 0.15) is 12.6 Å². The zero-order chi connectivity index (χ0) is 15.4. The molecule has 2 aromatic rings. The molecule has 0 fully saturated rings. The van der Waals surface area contributed by atoms with Gasteiger partial charge in [-0.2, -0.15) is 11.8 Å². The molecule has 2 heterocycles. The Hall–Kier alpha value is -1.87. The van der Waals surface area contributed by atoms with Gasteiger partial charge in [0.15, 0.2) is 4.96 Å². The summed E-state index contributed by atoms with van der Waals surface area (Å²) >= 11 is 2.66. The zero-order valence-electron chi connectivity index (χ0n) is 11.1. The highest BCUT2D eigenvalue weighted by Gasteiger charge is 2.18. The van der Waals surface area contributed by atoms with Gasteiger partial charge >= 0.3 is 5.97 Å². The largest absolute Gasteiger partial charge is 0.480 e. The predicted molar refractivity (Wildman–Crippen MR) is 80.7 cm³/mol. The first-order valence-electron chi connectivity index (χ1n) is 6.01. The number of carbonyl (C=O) groups is 2. The average Bonchev–Trinajstić information content (AvgIpc) is 2.85. The Balaban J connectivity index is 1.99. The molecule has 21 heavy (non-hydrogen) atoms. The second-order valence-electron chi connectivity index (χ2n) is 4.25. The van der Waals surface area contributed by atoms with E-state index in [1.807, 2.05) is 0 Å². The summed E-state index contributed by atoms with van der Waals surface area (Å²) in [4.78, 5) is 38.6. The van der Waals surface area contributed by atoms with Gasteiger partial charge in [-0.3, -0.25) is 14.0 Å². The quantitative estimate of drug-likeness (QED) is 0.805. The Morgan fingerprint density at radius 3 is 3.00 bits per heavy atom. The van der Waals surface area contributed by atoms with Crippen LogP contribution in [0.25, 0.3) is 4.96 Å². The van der Waals surface area contributed by atoms with Crippen LogP contribution in [0.5, 0.6) is 0 Å². The summed E-state index contributed by atoms with van der Waals surface area (Å²) < 4.78 is 1.45. The number of hydrogen-bond donors (Lipinski definition) is 2. The van der Waals surface area contributed by atoms with Gasteiger partial charge in [0.25, 0.3) is 5.56 Å². The monoisotopic (exact) mass is 327 g/mol. The molecule has 0 saturated heterocycles. The minimum atomic E-state index is -1.08. The molecule has 0 bridgehead atoms. The third kappa shape index (κ3) is 4.05. The van der Waals surface area contributed by atoms with Crippen molar-refractivity contribution in [3.63, 3.8) is 0 Å². The Morgan fingerprint density at radius 2 is 2.33 bits per heavy atom. The summed E-state index contributed by atoms with van der Waals surface area (Å²) in [7, 11) is 0. The molecule has 0 aliphatic heterocycles. The molecule has 0 saturated carbocycles. The van der Waals surface area contributed by atoms with Crippen molar-refractivity contribution in [1.29, 1.82) is 0 Å². The van der Waals surface area contributed by atoms with Gasteiger partial charge in [0.05, 0.1) is 5.69 Å². The highest BCUT2D eigenvalue weighted by molar-refractivity contribution is 7.98. The van der Waals surface area contributed by atoms with E-state index in [4.69, 9.17) is 5.11 Å². The van der Waals surface area contributed by atoms with Crippen molar-refractivity contribution in [1.82, 2.24) is 14.7 Å². The van der Waals surface area contributed by atoms with E-state index >= 15 is 0 Å². The van der Waals surface area contributed by atoms with Crippen molar-refractivity contribution in [3.05, 3.63) is 33.7 Å². The Kier molecular flexibility index (Phi) is 4.97. The van der Waals surface area contributed by atoms with Crippen molar-refractivity contribution in [2.45, 2.75) is 18.7 Å². The summed E-state index contributed by atoms with van der Waals surface area (Å²) in [5.74, 6) is -0.855. The molecule has 0 radical (unpaired) electrons. The molecular formula is C12H13N3O4S2. The van der Waals surface area contributed by atoms with Crippen molar-refractivity contribution < 1.29 is 14.7 Å². The molecule has 1 amide bonds. The van der Waals surface area contributed by atoms with Crippen LogP contribution in [0.4, 0.5) is 0 Å². The maximum absolute atomic E-state index is 11.8. The number of nitrogens with zero attached hydrogens (tertiary/aromatic N) is 2. The lowest BCUT2D eigenvalue weighted by Gasteiger charge is -2.12. The van der Waals surface area contributed by atoms with Crippen LogP contribution in [0.3, 0.4) is 0 Å². The molecule has 0 aliphatic carbocycles. The number of carboxylic acids is 1. The van der Waals surface area contributed by atoms with E-state index in [0.717, 1.165) is 0 Å². The number of nitrogens with one attached hydrogen (secondary N) is 1. The number of hydrogen-bond acceptors (Lipinski definition) is 6. The van der Waals surface area contributed by atoms with Gasteiger partial charge in [0.1, 0.15) is 6.04 Å². The van der Waals surface area contributed by atoms with Crippen LogP contribution in [0.15, 0.2) is 22.4 Å². The minimum Gasteiger partial charge on any atom is -0.480 e. The summed E-state index contributed by atoms with van der Waals surface area (Å²) in [5, 5.41) is 13.1. The molecule has 1 atom stereocenters. The SMILES string of the molecule is CC(=O)NC(CSCc1cc(=O)n2ccsc2n1)C(=O)O. The normalized spacial score (nSPS) is 12.2. The highest BCUT2D eigenvalue weighted by Crippen LogP contribution is 2.13. The fraction of sp³-hybridized carbons (Fsp3) is 0.333. The molecule has 112 valence electrons. The molecule has 7 nitrogen and oxygen atoms in total. The standard InChI is InChI=1S/C12H13N3O4S2/c1-7(16)13-9(11(18)19)6-20-5-8-4-10(17)15-2-3-21-12(15)14-8/h2-4,9H,5-6H2,1H3,(H,13,16)(H,18,19). The third-order valence-electron chi connectivity index (χ3n) is 2.57.